The quantitative estimate of drug-likeness (QED) is 0.901. The van der Waals surface area contributed by atoms with Crippen molar-refractivity contribution in [3.63, 3.8) is 0 Å². The van der Waals surface area contributed by atoms with E-state index >= 15 is 0 Å². The average Bonchev–Trinajstić information content (AvgIpc) is 2.95. The van der Waals surface area contributed by atoms with Crippen LogP contribution in [0.1, 0.15) is 43.2 Å². The number of amides is 1. The molecule has 2 aliphatic rings. The number of carboxylic acid groups (broad SMARTS) is 1. The highest BCUT2D eigenvalue weighted by atomic mass is 16.5. The zero-order valence-corrected chi connectivity index (χ0v) is 14.1. The summed E-state index contributed by atoms with van der Waals surface area (Å²) in [4.78, 5) is 26.2. The van der Waals surface area contributed by atoms with Crippen LogP contribution in [0.5, 0.6) is 0 Å². The maximum Gasteiger partial charge on any atom is 0.326 e. The molecule has 1 saturated carbocycles. The molecule has 1 amide bonds. The third-order valence-electron chi connectivity index (χ3n) is 5.32. The van der Waals surface area contributed by atoms with Crippen LogP contribution in [0.3, 0.4) is 0 Å². The molecule has 1 aromatic rings. The monoisotopic (exact) mass is 331 g/mol. The summed E-state index contributed by atoms with van der Waals surface area (Å²) < 4.78 is 5.13. The number of carbonyl (C=O) groups is 2. The van der Waals surface area contributed by atoms with Gasteiger partial charge >= 0.3 is 5.97 Å². The van der Waals surface area contributed by atoms with Crippen molar-refractivity contribution in [3.8, 4) is 0 Å². The second kappa shape index (κ2) is 7.34. The van der Waals surface area contributed by atoms with Gasteiger partial charge in [-0.2, -0.15) is 0 Å². The number of benzene rings is 1. The minimum absolute atomic E-state index is 0.0635. The average molecular weight is 331 g/mol. The molecule has 5 heteroatoms. The Kier molecular flexibility index (Phi) is 5.19. The van der Waals surface area contributed by atoms with Crippen LogP contribution < -0.4 is 0 Å². The molecule has 1 aliphatic heterocycles. The van der Waals surface area contributed by atoms with Gasteiger partial charge in [-0.15, -0.1) is 0 Å². The number of hydrogen-bond acceptors (Lipinski definition) is 3. The van der Waals surface area contributed by atoms with Gasteiger partial charge in [0.1, 0.15) is 6.04 Å². The van der Waals surface area contributed by atoms with Crippen LogP contribution in [0.2, 0.25) is 0 Å². The highest BCUT2D eigenvalue weighted by molar-refractivity contribution is 5.86. The summed E-state index contributed by atoms with van der Waals surface area (Å²) in [7, 11) is 1.64. The fraction of sp³-hybridized carbons (Fsp3) is 0.579. The molecule has 3 unspecified atom stereocenters. The molecule has 5 nitrogen and oxygen atoms in total. The van der Waals surface area contributed by atoms with E-state index in [2.05, 4.69) is 0 Å². The van der Waals surface area contributed by atoms with Gasteiger partial charge in [0, 0.05) is 13.2 Å². The van der Waals surface area contributed by atoms with E-state index in [1.165, 1.54) is 0 Å². The summed E-state index contributed by atoms with van der Waals surface area (Å²) in [6.07, 6.45) is 5.07. The van der Waals surface area contributed by atoms with Crippen LogP contribution in [0, 0.1) is 5.92 Å². The molecule has 0 radical (unpaired) electrons. The maximum atomic E-state index is 12.9. The number of aliphatic carboxylic acids is 1. The summed E-state index contributed by atoms with van der Waals surface area (Å²) in [5.41, 5.74) is 1.94. The van der Waals surface area contributed by atoms with Gasteiger partial charge in [-0.05, 0) is 36.3 Å². The lowest BCUT2D eigenvalue weighted by molar-refractivity contribution is -0.149. The Labute approximate surface area is 142 Å². The number of carbonyl (C=O) groups excluding carboxylic acids is 1. The molecule has 0 bridgehead atoms. The molecule has 0 spiro atoms. The van der Waals surface area contributed by atoms with E-state index in [0.29, 0.717) is 18.9 Å². The van der Waals surface area contributed by atoms with Gasteiger partial charge in [-0.25, -0.2) is 4.79 Å². The number of ether oxygens (including phenoxy) is 1. The van der Waals surface area contributed by atoms with Crippen molar-refractivity contribution in [2.45, 2.75) is 57.2 Å². The van der Waals surface area contributed by atoms with Crippen LogP contribution in [0.4, 0.5) is 0 Å². The van der Waals surface area contributed by atoms with E-state index < -0.39 is 12.0 Å². The van der Waals surface area contributed by atoms with E-state index in [9.17, 15) is 14.7 Å². The molecular weight excluding hydrogens is 306 g/mol. The van der Waals surface area contributed by atoms with E-state index in [-0.39, 0.29) is 18.4 Å². The molecule has 0 aromatic heterocycles. The van der Waals surface area contributed by atoms with E-state index in [0.717, 1.165) is 36.8 Å². The van der Waals surface area contributed by atoms with Crippen molar-refractivity contribution in [1.82, 2.24) is 4.90 Å². The SMILES string of the molecule is COCc1cccc(CC(=O)N2C(C(=O)O)CC3CCCCC32)c1. The maximum absolute atomic E-state index is 12.9. The van der Waals surface area contributed by atoms with E-state index in [1.807, 2.05) is 24.3 Å². The van der Waals surface area contributed by atoms with Crippen molar-refractivity contribution in [3.05, 3.63) is 35.4 Å². The summed E-state index contributed by atoms with van der Waals surface area (Å²) in [6, 6.07) is 7.21. The van der Waals surface area contributed by atoms with E-state index in [4.69, 9.17) is 4.74 Å². The zero-order chi connectivity index (χ0) is 17.1. The number of fused-ring (bicyclic) bond motifs is 1. The number of methoxy groups -OCH3 is 1. The fourth-order valence-electron chi connectivity index (χ4n) is 4.30. The molecule has 3 rings (SSSR count). The number of rotatable bonds is 5. The lowest BCUT2D eigenvalue weighted by atomic mass is 9.84. The molecule has 24 heavy (non-hydrogen) atoms. The van der Waals surface area contributed by atoms with E-state index in [1.54, 1.807) is 12.0 Å². The molecule has 2 fully saturated rings. The normalized spacial score (nSPS) is 26.2. The smallest absolute Gasteiger partial charge is 0.326 e. The standard InChI is InChI=1S/C19H25NO4/c1-24-12-14-6-4-5-13(9-14)10-18(21)20-16-8-3-2-7-15(16)11-17(20)19(22)23/h4-6,9,15-17H,2-3,7-8,10-12H2,1H3,(H,22,23). The molecular formula is C19H25NO4. The number of carboxylic acids is 1. The summed E-state index contributed by atoms with van der Waals surface area (Å²) in [5, 5.41) is 9.55. The van der Waals surface area contributed by atoms with Gasteiger partial charge in [-0.3, -0.25) is 4.79 Å². The first-order chi connectivity index (χ1) is 11.6. The second-order valence-corrected chi connectivity index (χ2v) is 6.93. The third kappa shape index (κ3) is 3.46. The Morgan fingerprint density at radius 3 is 2.75 bits per heavy atom. The first-order valence-electron chi connectivity index (χ1n) is 8.71. The van der Waals surface area contributed by atoms with Gasteiger partial charge in [0.05, 0.1) is 13.0 Å². The number of likely N-dealkylation sites (tertiary alicyclic amines) is 1. The first-order valence-corrected chi connectivity index (χ1v) is 8.71. The van der Waals surface area contributed by atoms with Gasteiger partial charge in [0.2, 0.25) is 5.91 Å². The van der Waals surface area contributed by atoms with Crippen molar-refractivity contribution in [2.24, 2.45) is 5.92 Å². The molecule has 1 aromatic carbocycles. The van der Waals surface area contributed by atoms with Crippen LogP contribution in [-0.4, -0.2) is 41.1 Å². The predicted molar refractivity (Wildman–Crippen MR) is 89.5 cm³/mol. The highest BCUT2D eigenvalue weighted by Gasteiger charge is 2.47. The Balaban J connectivity index is 1.76. The zero-order valence-electron chi connectivity index (χ0n) is 14.1. The minimum atomic E-state index is -0.870. The van der Waals surface area contributed by atoms with Gasteiger partial charge in [-0.1, -0.05) is 37.1 Å². The molecule has 1 N–H and O–H groups in total. The second-order valence-electron chi connectivity index (χ2n) is 6.93. The van der Waals surface area contributed by atoms with Crippen LogP contribution in [-0.2, 0) is 27.4 Å². The topological polar surface area (TPSA) is 66.8 Å². The Bertz CT molecular complexity index is 615. The highest BCUT2D eigenvalue weighted by Crippen LogP contribution is 2.40. The van der Waals surface area contributed by atoms with Crippen molar-refractivity contribution < 1.29 is 19.4 Å². The molecule has 1 aliphatic carbocycles. The van der Waals surface area contributed by atoms with Crippen LogP contribution in [0.15, 0.2) is 24.3 Å². The summed E-state index contributed by atoms with van der Waals surface area (Å²) in [6.45, 7) is 0.508. The van der Waals surface area contributed by atoms with Crippen LogP contribution in [0.25, 0.3) is 0 Å². The van der Waals surface area contributed by atoms with Crippen molar-refractivity contribution in [2.75, 3.05) is 7.11 Å². The van der Waals surface area contributed by atoms with Gasteiger partial charge in [0.15, 0.2) is 0 Å². The van der Waals surface area contributed by atoms with Crippen molar-refractivity contribution in [1.29, 1.82) is 0 Å². The first kappa shape index (κ1) is 17.0. The fourth-order valence-corrected chi connectivity index (χ4v) is 4.30. The lowest BCUT2D eigenvalue weighted by Gasteiger charge is -2.33. The number of hydrogen-bond donors (Lipinski definition) is 1. The summed E-state index contributed by atoms with van der Waals surface area (Å²) >= 11 is 0. The Morgan fingerprint density at radius 1 is 1.25 bits per heavy atom. The van der Waals surface area contributed by atoms with Crippen molar-refractivity contribution >= 4 is 11.9 Å². The molecule has 3 atom stereocenters. The van der Waals surface area contributed by atoms with Crippen LogP contribution >= 0.6 is 0 Å². The molecule has 130 valence electrons. The third-order valence-corrected chi connectivity index (χ3v) is 5.32. The summed E-state index contributed by atoms with van der Waals surface area (Å²) in [5.74, 6) is -0.583. The Morgan fingerprint density at radius 2 is 2.00 bits per heavy atom. The minimum Gasteiger partial charge on any atom is -0.480 e. The molecule has 1 saturated heterocycles. The Hall–Kier alpha value is -1.88. The predicted octanol–water partition coefficient (Wildman–Crippen LogP) is 2.62. The lowest BCUT2D eigenvalue weighted by Crippen LogP contribution is -2.46. The van der Waals surface area contributed by atoms with Gasteiger partial charge in [0.25, 0.3) is 0 Å². The van der Waals surface area contributed by atoms with Gasteiger partial charge < -0.3 is 14.7 Å². The largest absolute Gasteiger partial charge is 0.480 e. The molecule has 1 heterocycles. The number of nitrogens with zero attached hydrogens (tertiary/aromatic N) is 1.